The summed E-state index contributed by atoms with van der Waals surface area (Å²) in [5.74, 6) is 0.853. The number of aryl methyl sites for hydroxylation is 2. The molecule has 140 valence electrons. The van der Waals surface area contributed by atoms with E-state index >= 15 is 0 Å². The molecule has 3 rings (SSSR count). The average Bonchev–Trinajstić information content (AvgIpc) is 3.30. The van der Waals surface area contributed by atoms with E-state index in [4.69, 9.17) is 13.7 Å². The number of halogens is 1. The van der Waals surface area contributed by atoms with Crippen molar-refractivity contribution in [2.45, 2.75) is 20.8 Å². The maximum Gasteiger partial charge on any atom is 0.331 e. The van der Waals surface area contributed by atoms with Gasteiger partial charge in [0.1, 0.15) is 11.5 Å². The van der Waals surface area contributed by atoms with Gasteiger partial charge in [-0.25, -0.2) is 4.79 Å². The van der Waals surface area contributed by atoms with E-state index in [0.29, 0.717) is 33.3 Å². The normalized spacial score (nSPS) is 11.3. The summed E-state index contributed by atoms with van der Waals surface area (Å²) >= 11 is 3.17. The molecule has 0 saturated heterocycles. The molecule has 27 heavy (non-hydrogen) atoms. The summed E-state index contributed by atoms with van der Waals surface area (Å²) in [7, 11) is 0. The Labute approximate surface area is 163 Å². The van der Waals surface area contributed by atoms with Crippen LogP contribution in [-0.4, -0.2) is 28.1 Å². The lowest BCUT2D eigenvalue weighted by atomic mass is 10.1. The second-order valence-corrected chi connectivity index (χ2v) is 6.70. The van der Waals surface area contributed by atoms with E-state index in [0.717, 1.165) is 5.69 Å². The Morgan fingerprint density at radius 2 is 2.04 bits per heavy atom. The molecule has 0 saturated carbocycles. The standard InChI is InChI=1S/C19H17BrN2O5/c1-11-8-15(13(3)22(11)18-9-12(2)27-21-18)16(23)10-25-19(24)7-5-14-4-6-17(20)26-14/h4-9H,10H2,1-3H3. The molecule has 0 aliphatic heterocycles. The van der Waals surface area contributed by atoms with Crippen molar-refractivity contribution in [3.05, 3.63) is 63.5 Å². The topological polar surface area (TPSA) is 87.5 Å². The van der Waals surface area contributed by atoms with Crippen LogP contribution >= 0.6 is 15.9 Å². The molecule has 0 fully saturated rings. The minimum Gasteiger partial charge on any atom is -0.454 e. The highest BCUT2D eigenvalue weighted by atomic mass is 79.9. The molecule has 3 aromatic rings. The van der Waals surface area contributed by atoms with Crippen molar-refractivity contribution in [3.8, 4) is 5.82 Å². The van der Waals surface area contributed by atoms with Crippen molar-refractivity contribution < 1.29 is 23.3 Å². The number of rotatable bonds is 6. The first-order chi connectivity index (χ1) is 12.8. The summed E-state index contributed by atoms with van der Waals surface area (Å²) in [6.45, 7) is 5.11. The molecule has 0 radical (unpaired) electrons. The van der Waals surface area contributed by atoms with Gasteiger partial charge in [0.25, 0.3) is 0 Å². The Morgan fingerprint density at radius 3 is 2.67 bits per heavy atom. The predicted molar refractivity (Wildman–Crippen MR) is 101 cm³/mol. The van der Waals surface area contributed by atoms with Crippen molar-refractivity contribution in [1.82, 2.24) is 9.72 Å². The fourth-order valence-corrected chi connectivity index (χ4v) is 3.01. The minimum absolute atomic E-state index is 0.294. The van der Waals surface area contributed by atoms with Gasteiger partial charge < -0.3 is 13.7 Å². The predicted octanol–water partition coefficient (Wildman–Crippen LogP) is 4.19. The highest BCUT2D eigenvalue weighted by molar-refractivity contribution is 9.10. The van der Waals surface area contributed by atoms with Crippen molar-refractivity contribution in [3.63, 3.8) is 0 Å². The quantitative estimate of drug-likeness (QED) is 0.329. The third-order valence-corrected chi connectivity index (χ3v) is 4.33. The Kier molecular flexibility index (Phi) is 5.46. The van der Waals surface area contributed by atoms with Gasteiger partial charge in [0.15, 0.2) is 17.1 Å². The summed E-state index contributed by atoms with van der Waals surface area (Å²) in [5, 5.41) is 3.98. The van der Waals surface area contributed by atoms with Crippen LogP contribution in [0.25, 0.3) is 11.9 Å². The maximum atomic E-state index is 12.5. The van der Waals surface area contributed by atoms with Gasteiger partial charge in [-0.15, -0.1) is 0 Å². The molecule has 0 aliphatic carbocycles. The van der Waals surface area contributed by atoms with E-state index < -0.39 is 5.97 Å². The number of aromatic nitrogens is 2. The smallest absolute Gasteiger partial charge is 0.331 e. The van der Waals surface area contributed by atoms with E-state index in [1.807, 2.05) is 11.5 Å². The van der Waals surface area contributed by atoms with E-state index in [9.17, 15) is 9.59 Å². The van der Waals surface area contributed by atoms with E-state index in [-0.39, 0.29) is 12.4 Å². The highest BCUT2D eigenvalue weighted by Crippen LogP contribution is 2.21. The zero-order valence-electron chi connectivity index (χ0n) is 15.0. The lowest BCUT2D eigenvalue weighted by Gasteiger charge is -2.05. The number of hydrogen-bond acceptors (Lipinski definition) is 6. The number of hydrogen-bond donors (Lipinski definition) is 0. The van der Waals surface area contributed by atoms with Gasteiger partial charge in [-0.05, 0) is 61.0 Å². The lowest BCUT2D eigenvalue weighted by molar-refractivity contribution is -0.136. The van der Waals surface area contributed by atoms with Crippen LogP contribution in [0.15, 0.2) is 44.0 Å². The summed E-state index contributed by atoms with van der Waals surface area (Å²) in [4.78, 5) is 24.3. The average molecular weight is 433 g/mol. The first kappa shape index (κ1) is 18.9. The highest BCUT2D eigenvalue weighted by Gasteiger charge is 2.19. The van der Waals surface area contributed by atoms with Crippen LogP contribution in [-0.2, 0) is 9.53 Å². The van der Waals surface area contributed by atoms with E-state index in [1.165, 1.54) is 12.2 Å². The van der Waals surface area contributed by atoms with Crippen LogP contribution in [0.1, 0.15) is 33.3 Å². The maximum absolute atomic E-state index is 12.5. The van der Waals surface area contributed by atoms with Crippen LogP contribution in [0.3, 0.4) is 0 Å². The minimum atomic E-state index is -0.628. The molecule has 0 amide bonds. The molecular weight excluding hydrogens is 416 g/mol. The molecule has 0 aliphatic rings. The van der Waals surface area contributed by atoms with Crippen LogP contribution in [0, 0.1) is 20.8 Å². The number of ether oxygens (including phenoxy) is 1. The Bertz CT molecular complexity index is 1020. The molecule has 8 heteroatoms. The third-order valence-electron chi connectivity index (χ3n) is 3.90. The molecule has 0 unspecified atom stereocenters. The van der Waals surface area contributed by atoms with Gasteiger partial charge in [0.05, 0.1) is 0 Å². The second kappa shape index (κ2) is 7.79. The first-order valence-corrected chi connectivity index (χ1v) is 8.90. The summed E-state index contributed by atoms with van der Waals surface area (Å²) < 4.78 is 17.7. The molecule has 3 aromatic heterocycles. The number of carbonyl (C=O) groups is 2. The number of ketones is 1. The summed E-state index contributed by atoms with van der Waals surface area (Å²) in [6, 6.07) is 6.93. The Balaban J connectivity index is 1.66. The third kappa shape index (κ3) is 4.28. The molecular formula is C19H17BrN2O5. The summed E-state index contributed by atoms with van der Waals surface area (Å²) in [6.07, 6.45) is 2.68. The monoisotopic (exact) mass is 432 g/mol. The summed E-state index contributed by atoms with van der Waals surface area (Å²) in [5.41, 5.74) is 2.01. The fraction of sp³-hybridized carbons (Fsp3) is 0.211. The number of nitrogens with zero attached hydrogens (tertiary/aromatic N) is 2. The van der Waals surface area contributed by atoms with Gasteiger partial charge in [0.2, 0.25) is 5.78 Å². The van der Waals surface area contributed by atoms with Crippen molar-refractivity contribution >= 4 is 33.8 Å². The molecule has 7 nitrogen and oxygen atoms in total. The zero-order valence-corrected chi connectivity index (χ0v) is 16.6. The molecule has 0 atom stereocenters. The van der Waals surface area contributed by atoms with Gasteiger partial charge in [-0.2, -0.15) is 0 Å². The molecule has 3 heterocycles. The fourth-order valence-electron chi connectivity index (χ4n) is 2.69. The van der Waals surface area contributed by atoms with Crippen LogP contribution in [0.2, 0.25) is 0 Å². The Morgan fingerprint density at radius 1 is 1.26 bits per heavy atom. The van der Waals surface area contributed by atoms with Gasteiger partial charge in [-0.3, -0.25) is 9.36 Å². The van der Waals surface area contributed by atoms with Gasteiger partial charge in [-0.1, -0.05) is 5.16 Å². The van der Waals surface area contributed by atoms with Crippen LogP contribution in [0.4, 0.5) is 0 Å². The molecule has 0 aromatic carbocycles. The van der Waals surface area contributed by atoms with Crippen LogP contribution in [0.5, 0.6) is 0 Å². The number of carbonyl (C=O) groups excluding carboxylic acids is 2. The largest absolute Gasteiger partial charge is 0.454 e. The second-order valence-electron chi connectivity index (χ2n) is 5.92. The zero-order chi connectivity index (χ0) is 19.6. The van der Waals surface area contributed by atoms with Gasteiger partial charge in [0, 0.05) is 29.1 Å². The van der Waals surface area contributed by atoms with Crippen LogP contribution < -0.4 is 0 Å². The molecule has 0 bridgehead atoms. The number of Topliss-reactive ketones (excluding diaryl/α,β-unsaturated/α-hetero) is 1. The van der Waals surface area contributed by atoms with Gasteiger partial charge >= 0.3 is 5.97 Å². The number of esters is 1. The van der Waals surface area contributed by atoms with E-state index in [1.54, 1.807) is 38.1 Å². The Hall–Kier alpha value is -2.87. The van der Waals surface area contributed by atoms with Crippen molar-refractivity contribution in [1.29, 1.82) is 0 Å². The van der Waals surface area contributed by atoms with E-state index in [2.05, 4.69) is 21.1 Å². The lowest BCUT2D eigenvalue weighted by Crippen LogP contribution is -2.13. The molecule has 0 spiro atoms. The van der Waals surface area contributed by atoms with Crippen molar-refractivity contribution in [2.24, 2.45) is 0 Å². The molecule has 0 N–H and O–H groups in total. The van der Waals surface area contributed by atoms with Crippen molar-refractivity contribution in [2.75, 3.05) is 6.61 Å². The first-order valence-electron chi connectivity index (χ1n) is 8.11. The number of furan rings is 1. The SMILES string of the molecule is Cc1cc(-n2c(C)cc(C(=O)COC(=O)C=Cc3ccc(Br)o3)c2C)no1.